The van der Waals surface area contributed by atoms with Gasteiger partial charge in [0.1, 0.15) is 5.69 Å². The van der Waals surface area contributed by atoms with Crippen molar-refractivity contribution in [2.24, 2.45) is 24.3 Å². The average Bonchev–Trinajstić information content (AvgIpc) is 3.07. The van der Waals surface area contributed by atoms with Gasteiger partial charge in [0.25, 0.3) is 0 Å². The Labute approximate surface area is 228 Å². The van der Waals surface area contributed by atoms with E-state index in [1.54, 1.807) is 11.1 Å². The molecule has 3 aromatic rings. The van der Waals surface area contributed by atoms with E-state index in [4.69, 9.17) is 0 Å². The Kier molecular flexibility index (Phi) is 5.05. The molecule has 1 heterocycles. The molecule has 1 aromatic heterocycles. The predicted octanol–water partition coefficient (Wildman–Crippen LogP) is 8.06. The molecule has 2 nitrogen and oxygen atoms in total. The first-order valence-electron chi connectivity index (χ1n) is 13.7. The fourth-order valence-corrected chi connectivity index (χ4v) is 8.85. The van der Waals surface area contributed by atoms with Crippen LogP contribution in [-0.2, 0) is 17.9 Å². The van der Waals surface area contributed by atoms with Crippen LogP contribution in [0.1, 0.15) is 108 Å². The third kappa shape index (κ3) is 2.97. The molecule has 35 heavy (non-hydrogen) atoms. The molecule has 3 heteroatoms. The zero-order valence-electron chi connectivity index (χ0n) is 22.6. The number of imidazole rings is 1. The third-order valence-corrected chi connectivity index (χ3v) is 11.9. The number of benzene rings is 2. The quantitative estimate of drug-likeness (QED) is 0.203. The van der Waals surface area contributed by atoms with Crippen LogP contribution in [0, 0.1) is 17.3 Å². The number of rotatable bonds is 1. The smallest absolute Gasteiger partial charge is 0.232 e. The van der Waals surface area contributed by atoms with Gasteiger partial charge in [0.2, 0.25) is 6.33 Å². The summed E-state index contributed by atoms with van der Waals surface area (Å²) in [7, 11) is 2.23. The van der Waals surface area contributed by atoms with Crippen LogP contribution in [0.3, 0.4) is 0 Å². The monoisotopic (exact) mass is 581 g/mol. The van der Waals surface area contributed by atoms with Crippen molar-refractivity contribution < 1.29 is 4.57 Å². The molecular formula is C32H42IN2+. The third-order valence-electron chi connectivity index (χ3n) is 11.9. The summed E-state index contributed by atoms with van der Waals surface area (Å²) in [4.78, 5) is 0. The van der Waals surface area contributed by atoms with E-state index in [0.717, 1.165) is 23.7 Å². The molecular weight excluding hydrogens is 539 g/mol. The van der Waals surface area contributed by atoms with E-state index in [1.807, 2.05) is 0 Å². The summed E-state index contributed by atoms with van der Waals surface area (Å²) in [6, 6.07) is 12.5. The van der Waals surface area contributed by atoms with Gasteiger partial charge in [-0.15, -0.1) is 24.0 Å². The molecule has 0 N–H and O–H groups in total. The summed E-state index contributed by atoms with van der Waals surface area (Å²) in [5, 5.41) is 0. The Morgan fingerprint density at radius 1 is 0.743 bits per heavy atom. The highest BCUT2D eigenvalue weighted by molar-refractivity contribution is 14.0. The Morgan fingerprint density at radius 3 is 1.94 bits per heavy atom. The summed E-state index contributed by atoms with van der Waals surface area (Å²) < 4.78 is 4.83. The molecule has 2 aromatic carbocycles. The van der Waals surface area contributed by atoms with Crippen LogP contribution >= 0.6 is 24.0 Å². The molecule has 2 fully saturated rings. The molecule has 8 rings (SSSR count). The van der Waals surface area contributed by atoms with Gasteiger partial charge in [-0.25, -0.2) is 4.57 Å². The molecule has 186 valence electrons. The summed E-state index contributed by atoms with van der Waals surface area (Å²) >= 11 is 0. The van der Waals surface area contributed by atoms with Crippen LogP contribution < -0.4 is 4.57 Å². The van der Waals surface area contributed by atoms with E-state index in [2.05, 4.69) is 94.4 Å². The molecule has 0 spiro atoms. The number of hydrogen-bond acceptors (Lipinski definition) is 0. The maximum absolute atomic E-state index is 2.60. The van der Waals surface area contributed by atoms with Gasteiger partial charge >= 0.3 is 0 Å². The highest BCUT2D eigenvalue weighted by Gasteiger charge is 2.57. The first-order chi connectivity index (χ1) is 16.0. The summed E-state index contributed by atoms with van der Waals surface area (Å²) in [6.45, 7) is 14.7. The first-order valence-corrected chi connectivity index (χ1v) is 13.7. The minimum Gasteiger partial charge on any atom is -0.232 e. The van der Waals surface area contributed by atoms with Crippen molar-refractivity contribution in [3.8, 4) is 5.69 Å². The lowest BCUT2D eigenvalue weighted by atomic mass is 9.59. The minimum absolute atomic E-state index is 0. The fraction of sp³-hybridized carbons (Fsp3) is 0.594. The van der Waals surface area contributed by atoms with Crippen LogP contribution in [0.25, 0.3) is 16.7 Å². The van der Waals surface area contributed by atoms with Crippen LogP contribution in [0.15, 0.2) is 36.7 Å². The van der Waals surface area contributed by atoms with Gasteiger partial charge in [-0.1, -0.05) is 47.6 Å². The lowest BCUT2D eigenvalue weighted by molar-refractivity contribution is -0.645. The Morgan fingerprint density at radius 2 is 1.31 bits per heavy atom. The Bertz CT molecular complexity index is 1340. The second-order valence-electron chi connectivity index (χ2n) is 14.0. The zero-order valence-corrected chi connectivity index (χ0v) is 24.9. The summed E-state index contributed by atoms with van der Waals surface area (Å²) in [5.74, 6) is 3.51. The minimum atomic E-state index is 0. The van der Waals surface area contributed by atoms with Gasteiger partial charge in [0.05, 0.1) is 7.05 Å². The van der Waals surface area contributed by atoms with E-state index >= 15 is 0 Å². The lowest BCUT2D eigenvalue weighted by Gasteiger charge is -2.44. The van der Waals surface area contributed by atoms with E-state index in [-0.39, 0.29) is 40.2 Å². The van der Waals surface area contributed by atoms with E-state index in [9.17, 15) is 0 Å². The molecule has 0 aliphatic heterocycles. The number of nitrogens with zero attached hydrogens (tertiary/aromatic N) is 2. The van der Waals surface area contributed by atoms with Crippen LogP contribution in [0.5, 0.6) is 0 Å². The second kappa shape index (κ2) is 7.36. The van der Waals surface area contributed by atoms with Crippen molar-refractivity contribution in [1.82, 2.24) is 4.57 Å². The number of hydrogen-bond donors (Lipinski definition) is 0. The fourth-order valence-electron chi connectivity index (χ4n) is 8.85. The Hall–Kier alpha value is -1.36. The van der Waals surface area contributed by atoms with Crippen LogP contribution in [0.4, 0.5) is 0 Å². The molecule has 5 aliphatic carbocycles. The van der Waals surface area contributed by atoms with Crippen LogP contribution in [-0.4, -0.2) is 4.57 Å². The molecule has 0 amide bonds. The predicted molar refractivity (Wildman–Crippen MR) is 155 cm³/mol. The molecule has 2 atom stereocenters. The van der Waals surface area contributed by atoms with Gasteiger partial charge in [0, 0.05) is 0 Å². The Balaban J connectivity index is 0.00000229. The van der Waals surface area contributed by atoms with Crippen molar-refractivity contribution in [3.05, 3.63) is 58.9 Å². The number of halogens is 1. The SMILES string of the molecule is C[n+]1cn(-c2ccc3c(c2)C(C)(C)C(C)(C)C3(C)C)c2cc3c(cc21)C1CC2CC(CC3C2)C1.I. The highest BCUT2D eigenvalue weighted by Crippen LogP contribution is 2.62. The lowest BCUT2D eigenvalue weighted by Crippen LogP contribution is -2.42. The molecule has 4 bridgehead atoms. The summed E-state index contributed by atoms with van der Waals surface area (Å²) in [6.07, 6.45) is 9.53. The molecule has 0 saturated heterocycles. The summed E-state index contributed by atoms with van der Waals surface area (Å²) in [5.41, 5.74) is 11.0. The normalized spacial score (nSPS) is 30.6. The molecule has 5 aliphatic rings. The highest BCUT2D eigenvalue weighted by atomic mass is 127. The topological polar surface area (TPSA) is 8.81 Å². The van der Waals surface area contributed by atoms with Crippen molar-refractivity contribution in [3.63, 3.8) is 0 Å². The van der Waals surface area contributed by atoms with Crippen molar-refractivity contribution >= 4 is 35.0 Å². The van der Waals surface area contributed by atoms with Gasteiger partial charge in [-0.05, 0) is 119 Å². The number of fused-ring (bicyclic) bond motifs is 2. The number of aryl methyl sites for hydroxylation is 1. The maximum atomic E-state index is 2.60. The maximum Gasteiger partial charge on any atom is 0.249 e. The van der Waals surface area contributed by atoms with Gasteiger partial charge in [-0.2, -0.15) is 4.57 Å². The average molecular weight is 582 g/mol. The molecule has 2 unspecified atom stereocenters. The van der Waals surface area contributed by atoms with Crippen molar-refractivity contribution in [2.75, 3.05) is 0 Å². The van der Waals surface area contributed by atoms with E-state index in [1.165, 1.54) is 60.0 Å². The second-order valence-corrected chi connectivity index (χ2v) is 14.0. The van der Waals surface area contributed by atoms with Gasteiger partial charge in [0.15, 0.2) is 11.0 Å². The van der Waals surface area contributed by atoms with E-state index < -0.39 is 0 Å². The standard InChI is InChI=1S/C32H41N2.HI/c1-30(2)26-9-8-23(15-27(26)31(3,4)32(30,5)6)34-18-33(7)28-16-24-21-11-19-10-20(12-21)14-22(13-19)25(24)17-29(28)34;/h8-9,15-22H,10-14H2,1-7H3;1H/q+1;. The van der Waals surface area contributed by atoms with Crippen molar-refractivity contribution in [2.45, 2.75) is 96.3 Å². The molecule has 0 radical (unpaired) electrons. The first kappa shape index (κ1) is 24.0. The van der Waals surface area contributed by atoms with Gasteiger partial charge < -0.3 is 0 Å². The number of aromatic nitrogens is 2. The van der Waals surface area contributed by atoms with Crippen LogP contribution in [0.2, 0.25) is 0 Å². The molecule has 2 saturated carbocycles. The largest absolute Gasteiger partial charge is 0.249 e. The van der Waals surface area contributed by atoms with Crippen molar-refractivity contribution in [1.29, 1.82) is 0 Å². The van der Waals surface area contributed by atoms with Gasteiger partial charge in [-0.3, -0.25) is 0 Å². The van der Waals surface area contributed by atoms with E-state index in [0.29, 0.717) is 0 Å². The zero-order chi connectivity index (χ0) is 23.8.